The fourth-order valence-electron chi connectivity index (χ4n) is 8.36. The lowest BCUT2D eigenvalue weighted by Gasteiger charge is -2.22. The smallest absolute Gasteiger partial charge is 0.0616 e. The molecule has 1 aliphatic rings. The molecule has 2 heterocycles. The molecule has 0 radical (unpaired) electrons. The molecule has 0 atom stereocenters. The van der Waals surface area contributed by atoms with Crippen molar-refractivity contribution >= 4 is 43.5 Å². The van der Waals surface area contributed by atoms with Crippen molar-refractivity contribution in [1.82, 2.24) is 9.13 Å². The van der Waals surface area contributed by atoms with Crippen molar-refractivity contribution in [2.45, 2.75) is 19.3 Å². The van der Waals surface area contributed by atoms with Crippen LogP contribution in [-0.4, -0.2) is 9.13 Å². The molecule has 222 valence electrons. The maximum Gasteiger partial charge on any atom is 0.0616 e. The molecule has 2 aromatic heterocycles. The number of benzene rings is 7. The summed E-state index contributed by atoms with van der Waals surface area (Å²) in [6, 6.07) is 57.9. The van der Waals surface area contributed by atoms with Crippen LogP contribution in [-0.2, 0) is 5.41 Å². The Balaban J connectivity index is 1.20. The Kier molecular flexibility index (Phi) is 5.37. The SMILES string of the molecule is CC1(C)c2cc(-c3ccc4c(c3)c3ccccc3n4-c3ccccc3)ccc2-c2c1c1ccc3ccccc3c1n2-c1ccccc1. The zero-order chi connectivity index (χ0) is 31.3. The molecule has 0 fully saturated rings. The lowest BCUT2D eigenvalue weighted by Crippen LogP contribution is -2.15. The Morgan fingerprint density at radius 2 is 1.06 bits per heavy atom. The topological polar surface area (TPSA) is 9.86 Å². The Hall–Kier alpha value is -5.86. The number of para-hydroxylation sites is 3. The molecule has 0 aliphatic heterocycles. The van der Waals surface area contributed by atoms with Crippen molar-refractivity contribution in [2.24, 2.45) is 0 Å². The number of hydrogen-bond donors (Lipinski definition) is 0. The van der Waals surface area contributed by atoms with E-state index in [2.05, 4.69) is 181 Å². The molecule has 0 unspecified atom stereocenters. The molecule has 0 N–H and O–H groups in total. The standard InChI is InChI=1S/C45H32N2/c1-45(2)39-28-31(30-23-26-41-38(27-30)35-19-11-12-20-40(35)46(41)32-14-5-3-6-15-32)22-24-36(39)44-42(45)37-25-21-29-13-9-10-18-34(29)43(37)47(44)33-16-7-4-8-17-33/h3-28H,1-2H3. The summed E-state index contributed by atoms with van der Waals surface area (Å²) < 4.78 is 4.90. The van der Waals surface area contributed by atoms with Gasteiger partial charge in [-0.05, 0) is 76.2 Å². The van der Waals surface area contributed by atoms with Crippen LogP contribution in [0.4, 0.5) is 0 Å². The number of rotatable bonds is 3. The molecule has 9 aromatic rings. The minimum absolute atomic E-state index is 0.172. The number of aromatic nitrogens is 2. The van der Waals surface area contributed by atoms with E-state index in [-0.39, 0.29) is 5.41 Å². The third-order valence-electron chi connectivity index (χ3n) is 10.5. The van der Waals surface area contributed by atoms with Crippen molar-refractivity contribution < 1.29 is 0 Å². The lowest BCUT2D eigenvalue weighted by molar-refractivity contribution is 0.666. The first kappa shape index (κ1) is 26.4. The molecule has 0 bridgehead atoms. The van der Waals surface area contributed by atoms with E-state index in [0.29, 0.717) is 0 Å². The van der Waals surface area contributed by atoms with Crippen LogP contribution in [0.3, 0.4) is 0 Å². The maximum atomic E-state index is 2.52. The van der Waals surface area contributed by atoms with Crippen LogP contribution >= 0.6 is 0 Å². The quantitative estimate of drug-likeness (QED) is 0.191. The molecule has 0 amide bonds. The van der Waals surface area contributed by atoms with Crippen LogP contribution in [0.5, 0.6) is 0 Å². The highest BCUT2D eigenvalue weighted by atomic mass is 15.0. The van der Waals surface area contributed by atoms with E-state index in [0.717, 1.165) is 0 Å². The first-order valence-corrected chi connectivity index (χ1v) is 16.5. The molecule has 0 saturated heterocycles. The second-order valence-electron chi connectivity index (χ2n) is 13.4. The van der Waals surface area contributed by atoms with Gasteiger partial charge in [0.15, 0.2) is 0 Å². The van der Waals surface area contributed by atoms with Crippen molar-refractivity contribution in [2.75, 3.05) is 0 Å². The second kappa shape index (κ2) is 9.57. The minimum atomic E-state index is -0.172. The summed E-state index contributed by atoms with van der Waals surface area (Å²) >= 11 is 0. The first-order valence-electron chi connectivity index (χ1n) is 16.5. The van der Waals surface area contributed by atoms with E-state index in [4.69, 9.17) is 0 Å². The van der Waals surface area contributed by atoms with Crippen LogP contribution in [0, 0.1) is 0 Å². The predicted octanol–water partition coefficient (Wildman–Crippen LogP) is 11.9. The number of hydrogen-bond acceptors (Lipinski definition) is 0. The van der Waals surface area contributed by atoms with E-state index < -0.39 is 0 Å². The molecule has 2 nitrogen and oxygen atoms in total. The normalized spacial score (nSPS) is 13.5. The molecule has 1 aliphatic carbocycles. The highest BCUT2D eigenvalue weighted by Crippen LogP contribution is 2.55. The molecule has 2 heteroatoms. The molecule has 47 heavy (non-hydrogen) atoms. The van der Waals surface area contributed by atoms with Gasteiger partial charge in [-0.1, -0.05) is 123 Å². The average Bonchev–Trinajstić information content (AvgIpc) is 3.73. The van der Waals surface area contributed by atoms with Gasteiger partial charge >= 0.3 is 0 Å². The highest BCUT2D eigenvalue weighted by molar-refractivity contribution is 6.13. The van der Waals surface area contributed by atoms with E-state index in [9.17, 15) is 0 Å². The van der Waals surface area contributed by atoms with Gasteiger partial charge in [0, 0.05) is 43.9 Å². The fourth-order valence-corrected chi connectivity index (χ4v) is 8.36. The number of fused-ring (bicyclic) bond motifs is 10. The van der Waals surface area contributed by atoms with Gasteiger partial charge in [-0.2, -0.15) is 0 Å². The minimum Gasteiger partial charge on any atom is -0.309 e. The van der Waals surface area contributed by atoms with E-state index in [1.165, 1.54) is 88.4 Å². The van der Waals surface area contributed by atoms with Gasteiger partial charge in [0.05, 0.1) is 22.2 Å². The third kappa shape index (κ3) is 3.61. The van der Waals surface area contributed by atoms with Gasteiger partial charge in [0.2, 0.25) is 0 Å². The van der Waals surface area contributed by atoms with Gasteiger partial charge < -0.3 is 9.13 Å². The molecule has 0 spiro atoms. The van der Waals surface area contributed by atoms with Gasteiger partial charge in [-0.15, -0.1) is 0 Å². The van der Waals surface area contributed by atoms with Crippen LogP contribution in [0.2, 0.25) is 0 Å². The largest absolute Gasteiger partial charge is 0.309 e. The summed E-state index contributed by atoms with van der Waals surface area (Å²) in [6.45, 7) is 4.81. The number of nitrogens with zero attached hydrogens (tertiary/aromatic N) is 2. The van der Waals surface area contributed by atoms with Crippen molar-refractivity contribution in [1.29, 1.82) is 0 Å². The zero-order valence-electron chi connectivity index (χ0n) is 26.4. The third-order valence-corrected chi connectivity index (χ3v) is 10.5. The predicted molar refractivity (Wildman–Crippen MR) is 198 cm³/mol. The maximum absolute atomic E-state index is 2.52. The van der Waals surface area contributed by atoms with Crippen molar-refractivity contribution in [3.63, 3.8) is 0 Å². The summed E-state index contributed by atoms with van der Waals surface area (Å²) in [5.41, 5.74) is 13.9. The van der Waals surface area contributed by atoms with Gasteiger partial charge in [0.25, 0.3) is 0 Å². The van der Waals surface area contributed by atoms with Crippen LogP contribution in [0.25, 0.3) is 77.2 Å². The fraction of sp³-hybridized carbons (Fsp3) is 0.0667. The van der Waals surface area contributed by atoms with E-state index in [1.54, 1.807) is 0 Å². The lowest BCUT2D eigenvalue weighted by atomic mass is 9.80. The van der Waals surface area contributed by atoms with Gasteiger partial charge in [0.1, 0.15) is 0 Å². The Morgan fingerprint density at radius 1 is 0.447 bits per heavy atom. The summed E-state index contributed by atoms with van der Waals surface area (Å²) in [4.78, 5) is 0. The van der Waals surface area contributed by atoms with Gasteiger partial charge in [-0.25, -0.2) is 0 Å². The summed E-state index contributed by atoms with van der Waals surface area (Å²) in [5, 5.41) is 6.45. The Morgan fingerprint density at radius 3 is 1.85 bits per heavy atom. The first-order chi connectivity index (χ1) is 23.1. The Bertz CT molecular complexity index is 2690. The summed E-state index contributed by atoms with van der Waals surface area (Å²) in [5.74, 6) is 0. The molecule has 10 rings (SSSR count). The molecule has 7 aromatic carbocycles. The average molecular weight is 601 g/mol. The van der Waals surface area contributed by atoms with E-state index >= 15 is 0 Å². The summed E-state index contributed by atoms with van der Waals surface area (Å²) in [6.07, 6.45) is 0. The highest BCUT2D eigenvalue weighted by Gasteiger charge is 2.41. The van der Waals surface area contributed by atoms with Crippen LogP contribution in [0.1, 0.15) is 25.0 Å². The van der Waals surface area contributed by atoms with Crippen molar-refractivity contribution in [3.8, 4) is 33.8 Å². The summed E-state index contributed by atoms with van der Waals surface area (Å²) in [7, 11) is 0. The molecule has 0 saturated carbocycles. The van der Waals surface area contributed by atoms with Crippen LogP contribution < -0.4 is 0 Å². The molecular weight excluding hydrogens is 569 g/mol. The monoisotopic (exact) mass is 600 g/mol. The second-order valence-corrected chi connectivity index (χ2v) is 13.4. The van der Waals surface area contributed by atoms with Gasteiger partial charge in [-0.3, -0.25) is 0 Å². The molecular formula is C45H32N2. The zero-order valence-corrected chi connectivity index (χ0v) is 26.4. The van der Waals surface area contributed by atoms with E-state index in [1.807, 2.05) is 0 Å². The van der Waals surface area contributed by atoms with Crippen LogP contribution in [0.15, 0.2) is 158 Å². The Labute approximate surface area is 273 Å². The van der Waals surface area contributed by atoms with Crippen molar-refractivity contribution in [3.05, 3.63) is 169 Å².